The lowest BCUT2D eigenvalue weighted by molar-refractivity contribution is -0.144. The molecule has 20 heavy (non-hydrogen) atoms. The van der Waals surface area contributed by atoms with Crippen LogP contribution in [0.2, 0.25) is 0 Å². The third-order valence-electron chi connectivity index (χ3n) is 4.23. The number of hydrogen-bond donors (Lipinski definition) is 0. The van der Waals surface area contributed by atoms with Crippen molar-refractivity contribution in [1.82, 2.24) is 14.7 Å². The second-order valence-electron chi connectivity index (χ2n) is 5.99. The lowest BCUT2D eigenvalue weighted by atomic mass is 10.1. The predicted octanol–water partition coefficient (Wildman–Crippen LogP) is 1.86. The van der Waals surface area contributed by atoms with E-state index in [1.165, 1.54) is 12.8 Å². The minimum Gasteiger partial charge on any atom is -0.368 e. The van der Waals surface area contributed by atoms with E-state index in [9.17, 15) is 4.79 Å². The van der Waals surface area contributed by atoms with E-state index in [1.807, 2.05) is 28.8 Å². The average Bonchev–Trinajstić information content (AvgIpc) is 3.15. The van der Waals surface area contributed by atoms with Crippen molar-refractivity contribution in [2.75, 3.05) is 19.7 Å². The first kappa shape index (κ1) is 13.6. The summed E-state index contributed by atoms with van der Waals surface area (Å²) in [4.78, 5) is 14.4. The zero-order chi connectivity index (χ0) is 13.9. The molecule has 2 atom stereocenters. The molecule has 0 radical (unpaired) electrons. The van der Waals surface area contributed by atoms with Crippen LogP contribution < -0.4 is 0 Å². The zero-order valence-electron chi connectivity index (χ0n) is 12.1. The molecule has 1 aliphatic carbocycles. The number of nitrogens with zero attached hydrogens (tertiary/aromatic N) is 3. The van der Waals surface area contributed by atoms with Crippen LogP contribution in [0.25, 0.3) is 0 Å². The Morgan fingerprint density at radius 3 is 3.00 bits per heavy atom. The van der Waals surface area contributed by atoms with Crippen LogP contribution in [0.3, 0.4) is 0 Å². The van der Waals surface area contributed by atoms with Gasteiger partial charge in [-0.1, -0.05) is 0 Å². The van der Waals surface area contributed by atoms with Gasteiger partial charge in [-0.2, -0.15) is 5.10 Å². The smallest absolute Gasteiger partial charge is 0.251 e. The Balaban J connectivity index is 1.53. The second-order valence-corrected chi connectivity index (χ2v) is 5.99. The van der Waals surface area contributed by atoms with E-state index in [-0.39, 0.29) is 12.0 Å². The average molecular weight is 277 g/mol. The van der Waals surface area contributed by atoms with Gasteiger partial charge in [0.1, 0.15) is 6.10 Å². The highest BCUT2D eigenvalue weighted by Crippen LogP contribution is 2.29. The van der Waals surface area contributed by atoms with E-state index in [0.717, 1.165) is 32.5 Å². The van der Waals surface area contributed by atoms with Crippen molar-refractivity contribution < 1.29 is 9.53 Å². The highest BCUT2D eigenvalue weighted by molar-refractivity contribution is 5.80. The Morgan fingerprint density at radius 1 is 1.45 bits per heavy atom. The largest absolute Gasteiger partial charge is 0.368 e. The van der Waals surface area contributed by atoms with Gasteiger partial charge in [0.25, 0.3) is 5.91 Å². The van der Waals surface area contributed by atoms with E-state index < -0.39 is 0 Å². The Hall–Kier alpha value is -1.36. The number of hydrogen-bond acceptors (Lipinski definition) is 3. The van der Waals surface area contributed by atoms with Crippen molar-refractivity contribution in [1.29, 1.82) is 0 Å². The van der Waals surface area contributed by atoms with Gasteiger partial charge >= 0.3 is 0 Å². The molecular weight excluding hydrogens is 254 g/mol. The van der Waals surface area contributed by atoms with Gasteiger partial charge in [0.2, 0.25) is 0 Å². The third-order valence-corrected chi connectivity index (χ3v) is 4.23. The maximum Gasteiger partial charge on any atom is 0.251 e. The Kier molecular flexibility index (Phi) is 4.05. The van der Waals surface area contributed by atoms with Gasteiger partial charge in [-0.25, -0.2) is 0 Å². The van der Waals surface area contributed by atoms with Crippen molar-refractivity contribution in [3.63, 3.8) is 0 Å². The summed E-state index contributed by atoms with van der Waals surface area (Å²) in [5.41, 5.74) is 0. The standard InChI is InChI=1S/C15H23N3O2/c1-12(20-11-13-5-6-13)15(19)17-8-2-4-14(10-17)18-9-3-7-16-18/h3,7,9,12-14H,2,4-6,8,10-11H2,1H3/t12-,14+/m0/s1. The molecule has 2 aliphatic rings. The second kappa shape index (κ2) is 5.95. The summed E-state index contributed by atoms with van der Waals surface area (Å²) in [7, 11) is 0. The Labute approximate surface area is 119 Å². The molecule has 2 heterocycles. The minimum atomic E-state index is -0.313. The number of rotatable bonds is 5. The topological polar surface area (TPSA) is 47.4 Å². The predicted molar refractivity (Wildman–Crippen MR) is 75.2 cm³/mol. The number of piperidine rings is 1. The summed E-state index contributed by atoms with van der Waals surface area (Å²) >= 11 is 0. The maximum absolute atomic E-state index is 12.4. The van der Waals surface area contributed by atoms with Crippen LogP contribution >= 0.6 is 0 Å². The minimum absolute atomic E-state index is 0.127. The van der Waals surface area contributed by atoms with Crippen molar-refractivity contribution >= 4 is 5.91 Å². The normalized spacial score (nSPS) is 24.6. The van der Waals surface area contributed by atoms with Gasteiger partial charge in [0.15, 0.2) is 0 Å². The van der Waals surface area contributed by atoms with Crippen LogP contribution in [-0.4, -0.2) is 46.4 Å². The van der Waals surface area contributed by atoms with Crippen LogP contribution in [0.4, 0.5) is 0 Å². The molecule has 1 aromatic rings. The molecule has 0 spiro atoms. The highest BCUT2D eigenvalue weighted by atomic mass is 16.5. The number of aromatic nitrogens is 2. The number of carbonyl (C=O) groups is 1. The molecule has 0 aromatic carbocycles. The first-order valence-electron chi connectivity index (χ1n) is 7.63. The first-order chi connectivity index (χ1) is 9.74. The van der Waals surface area contributed by atoms with Crippen LogP contribution in [0.15, 0.2) is 18.5 Å². The fourth-order valence-electron chi connectivity index (χ4n) is 2.76. The molecule has 1 aliphatic heterocycles. The molecule has 1 amide bonds. The van der Waals surface area contributed by atoms with Crippen LogP contribution in [-0.2, 0) is 9.53 Å². The van der Waals surface area contributed by atoms with Gasteiger partial charge < -0.3 is 9.64 Å². The molecule has 0 bridgehead atoms. The molecule has 1 saturated carbocycles. The van der Waals surface area contributed by atoms with Gasteiger partial charge in [-0.15, -0.1) is 0 Å². The zero-order valence-corrected chi connectivity index (χ0v) is 12.1. The molecule has 5 heteroatoms. The first-order valence-corrected chi connectivity index (χ1v) is 7.63. The van der Waals surface area contributed by atoms with E-state index >= 15 is 0 Å². The number of amides is 1. The van der Waals surface area contributed by atoms with E-state index in [2.05, 4.69) is 5.10 Å². The van der Waals surface area contributed by atoms with E-state index in [0.29, 0.717) is 12.0 Å². The SMILES string of the molecule is C[C@H](OCC1CC1)C(=O)N1CCC[C@@H](n2cccn2)C1. The highest BCUT2D eigenvalue weighted by Gasteiger charge is 2.29. The lowest BCUT2D eigenvalue weighted by Crippen LogP contribution is -2.45. The van der Waals surface area contributed by atoms with E-state index in [1.54, 1.807) is 6.20 Å². The van der Waals surface area contributed by atoms with Gasteiger partial charge in [0.05, 0.1) is 12.6 Å². The number of likely N-dealkylation sites (tertiary alicyclic amines) is 1. The molecule has 0 N–H and O–H groups in total. The van der Waals surface area contributed by atoms with Crippen molar-refractivity contribution in [3.05, 3.63) is 18.5 Å². The van der Waals surface area contributed by atoms with Gasteiger partial charge in [-0.05, 0) is 44.6 Å². The fourth-order valence-corrected chi connectivity index (χ4v) is 2.76. The molecule has 3 rings (SSSR count). The monoisotopic (exact) mass is 277 g/mol. The van der Waals surface area contributed by atoms with Crippen molar-refractivity contribution in [3.8, 4) is 0 Å². The Bertz CT molecular complexity index is 442. The number of ether oxygens (including phenoxy) is 1. The number of carbonyl (C=O) groups excluding carboxylic acids is 1. The van der Waals surface area contributed by atoms with Gasteiger partial charge in [-0.3, -0.25) is 9.48 Å². The maximum atomic E-state index is 12.4. The molecular formula is C15H23N3O2. The molecule has 1 aromatic heterocycles. The van der Waals surface area contributed by atoms with Crippen molar-refractivity contribution in [2.45, 2.75) is 44.8 Å². The molecule has 0 unspecified atom stereocenters. The summed E-state index contributed by atoms with van der Waals surface area (Å²) in [6.07, 6.45) is 8.09. The van der Waals surface area contributed by atoms with Crippen LogP contribution in [0.5, 0.6) is 0 Å². The van der Waals surface area contributed by atoms with E-state index in [4.69, 9.17) is 4.74 Å². The fraction of sp³-hybridized carbons (Fsp3) is 0.733. The lowest BCUT2D eigenvalue weighted by Gasteiger charge is -2.34. The third kappa shape index (κ3) is 3.20. The summed E-state index contributed by atoms with van der Waals surface area (Å²) in [6, 6.07) is 2.24. The summed E-state index contributed by atoms with van der Waals surface area (Å²) in [6.45, 7) is 4.21. The van der Waals surface area contributed by atoms with Gasteiger partial charge in [0, 0.05) is 25.5 Å². The van der Waals surface area contributed by atoms with Crippen molar-refractivity contribution in [2.24, 2.45) is 5.92 Å². The van der Waals surface area contributed by atoms with Crippen LogP contribution in [0, 0.1) is 5.92 Å². The quantitative estimate of drug-likeness (QED) is 0.825. The molecule has 1 saturated heterocycles. The van der Waals surface area contributed by atoms with Crippen LogP contribution in [0.1, 0.15) is 38.6 Å². The molecule has 2 fully saturated rings. The molecule has 5 nitrogen and oxygen atoms in total. The Morgan fingerprint density at radius 2 is 2.30 bits per heavy atom. The summed E-state index contributed by atoms with van der Waals surface area (Å²) in [5, 5.41) is 4.29. The molecule has 110 valence electrons. The summed E-state index contributed by atoms with van der Waals surface area (Å²) < 4.78 is 7.66. The summed E-state index contributed by atoms with van der Waals surface area (Å²) in [5.74, 6) is 0.825.